The maximum absolute atomic E-state index is 12.3. The zero-order chi connectivity index (χ0) is 6.91. The largest absolute Gasteiger partial charge is 0.310 e. The molecule has 5 heteroatoms. The summed E-state index contributed by atoms with van der Waals surface area (Å²) in [4.78, 5) is 0. The highest BCUT2D eigenvalue weighted by Gasteiger charge is 2.43. The first-order chi connectivity index (χ1) is 4.17. The van der Waals surface area contributed by atoms with Crippen molar-refractivity contribution in [2.75, 3.05) is 13.1 Å². The molecule has 1 fully saturated rings. The first kappa shape index (κ1) is 9.60. The van der Waals surface area contributed by atoms with Gasteiger partial charge in [0.05, 0.1) is 12.6 Å². The number of alkyl halides is 2. The maximum atomic E-state index is 12.3. The summed E-state index contributed by atoms with van der Waals surface area (Å²) < 4.78 is 24.6. The average molecular weight is 169 g/mol. The van der Waals surface area contributed by atoms with E-state index in [1.54, 1.807) is 6.07 Å². The molecule has 2 nitrogen and oxygen atoms in total. The third-order valence-electron chi connectivity index (χ3n) is 1.37. The van der Waals surface area contributed by atoms with Crippen LogP contribution in [0, 0.1) is 17.2 Å². The fourth-order valence-corrected chi connectivity index (χ4v) is 0.796. The fraction of sp³-hybridized carbons (Fsp3) is 0.800. The van der Waals surface area contributed by atoms with Crippen molar-refractivity contribution >= 4 is 12.4 Å². The molecular formula is C5H7ClF2N2. The minimum absolute atomic E-state index is 0. The molecular weight excluding hydrogens is 162 g/mol. The number of nitriles is 1. The van der Waals surface area contributed by atoms with Crippen LogP contribution in [0.15, 0.2) is 0 Å². The molecule has 0 saturated carbocycles. The second-order valence-corrected chi connectivity index (χ2v) is 2.07. The van der Waals surface area contributed by atoms with E-state index in [1.165, 1.54) is 0 Å². The molecule has 1 aliphatic heterocycles. The van der Waals surface area contributed by atoms with Crippen LogP contribution in [0.5, 0.6) is 0 Å². The molecule has 0 aromatic heterocycles. The van der Waals surface area contributed by atoms with E-state index in [4.69, 9.17) is 5.26 Å². The second-order valence-electron chi connectivity index (χ2n) is 2.07. The van der Waals surface area contributed by atoms with E-state index in [9.17, 15) is 8.78 Å². The predicted molar refractivity (Wildman–Crippen MR) is 34.2 cm³/mol. The number of nitrogens with zero attached hydrogens (tertiary/aromatic N) is 1. The molecule has 0 aromatic carbocycles. The minimum Gasteiger partial charge on any atom is -0.310 e. The number of halogens is 3. The monoisotopic (exact) mass is 168 g/mol. The Balaban J connectivity index is 0.000000810. The summed E-state index contributed by atoms with van der Waals surface area (Å²) in [6, 6.07) is 1.54. The summed E-state index contributed by atoms with van der Waals surface area (Å²) in [5, 5.41) is 10.6. The van der Waals surface area contributed by atoms with Gasteiger partial charge in [0.15, 0.2) is 0 Å². The second kappa shape index (κ2) is 3.13. The summed E-state index contributed by atoms with van der Waals surface area (Å²) in [7, 11) is 0. The van der Waals surface area contributed by atoms with E-state index in [1.807, 2.05) is 0 Å². The smallest absolute Gasteiger partial charge is 0.277 e. The Hall–Kier alpha value is -0.400. The van der Waals surface area contributed by atoms with Crippen LogP contribution in [0.1, 0.15) is 0 Å². The van der Waals surface area contributed by atoms with Gasteiger partial charge in [0.25, 0.3) is 5.92 Å². The van der Waals surface area contributed by atoms with Crippen LogP contribution < -0.4 is 5.32 Å². The number of hydrogen-bond acceptors (Lipinski definition) is 2. The topological polar surface area (TPSA) is 35.8 Å². The molecule has 1 heterocycles. The number of hydrogen-bond donors (Lipinski definition) is 1. The predicted octanol–water partition coefficient (Wildman–Crippen LogP) is 0.786. The minimum atomic E-state index is -2.81. The molecule has 1 rings (SSSR count). The van der Waals surface area contributed by atoms with E-state index < -0.39 is 11.8 Å². The summed E-state index contributed by atoms with van der Waals surface area (Å²) in [6.07, 6.45) is 0. The first-order valence-electron chi connectivity index (χ1n) is 2.65. The normalized spacial score (nSPS) is 28.7. The van der Waals surface area contributed by atoms with Crippen molar-refractivity contribution in [2.24, 2.45) is 5.92 Å². The van der Waals surface area contributed by atoms with E-state index in [0.717, 1.165) is 0 Å². The van der Waals surface area contributed by atoms with Crippen molar-refractivity contribution < 1.29 is 8.78 Å². The van der Waals surface area contributed by atoms with E-state index in [0.29, 0.717) is 0 Å². The van der Waals surface area contributed by atoms with Crippen molar-refractivity contribution in [3.63, 3.8) is 0 Å². The molecule has 0 spiro atoms. The van der Waals surface area contributed by atoms with Gasteiger partial charge in [0.1, 0.15) is 5.92 Å². The molecule has 1 atom stereocenters. The van der Waals surface area contributed by atoms with Crippen LogP contribution in [-0.4, -0.2) is 19.0 Å². The Morgan fingerprint density at radius 1 is 1.60 bits per heavy atom. The molecule has 1 saturated heterocycles. The maximum Gasteiger partial charge on any atom is 0.277 e. The lowest BCUT2D eigenvalue weighted by Gasteiger charge is -2.08. The Kier molecular flexibility index (Phi) is 3.00. The molecule has 0 radical (unpaired) electrons. The number of nitrogens with one attached hydrogen (secondary N) is 1. The zero-order valence-corrected chi connectivity index (χ0v) is 5.92. The standard InChI is InChI=1S/C5H6F2N2.ClH/c6-5(7)3-9-2-4(5)1-8;/h4,9H,2-3H2;1H. The third-order valence-corrected chi connectivity index (χ3v) is 1.37. The highest BCUT2D eigenvalue weighted by atomic mass is 35.5. The van der Waals surface area contributed by atoms with Crippen molar-refractivity contribution in [2.45, 2.75) is 5.92 Å². The fourth-order valence-electron chi connectivity index (χ4n) is 0.796. The van der Waals surface area contributed by atoms with Gasteiger partial charge >= 0.3 is 0 Å². The quantitative estimate of drug-likeness (QED) is 0.581. The average Bonchev–Trinajstić information content (AvgIpc) is 2.08. The molecule has 0 amide bonds. The van der Waals surface area contributed by atoms with Gasteiger partial charge in [-0.25, -0.2) is 8.78 Å². The van der Waals surface area contributed by atoms with Crippen molar-refractivity contribution in [3.8, 4) is 6.07 Å². The Labute approximate surface area is 63.6 Å². The summed E-state index contributed by atoms with van der Waals surface area (Å²) in [6.45, 7) is -0.241. The van der Waals surface area contributed by atoms with E-state index >= 15 is 0 Å². The molecule has 1 N–H and O–H groups in total. The summed E-state index contributed by atoms with van der Waals surface area (Å²) in [5.74, 6) is -3.94. The van der Waals surface area contributed by atoms with Gasteiger partial charge in [-0.15, -0.1) is 12.4 Å². The number of rotatable bonds is 0. The Morgan fingerprint density at radius 2 is 2.20 bits per heavy atom. The van der Waals surface area contributed by atoms with E-state index in [2.05, 4.69) is 5.32 Å². The summed E-state index contributed by atoms with van der Waals surface area (Å²) >= 11 is 0. The molecule has 1 unspecified atom stereocenters. The Bertz CT molecular complexity index is 154. The Morgan fingerprint density at radius 3 is 2.40 bits per heavy atom. The molecule has 0 aromatic rings. The zero-order valence-electron chi connectivity index (χ0n) is 5.10. The van der Waals surface area contributed by atoms with E-state index in [-0.39, 0.29) is 25.5 Å². The molecule has 0 aliphatic carbocycles. The van der Waals surface area contributed by atoms with Gasteiger partial charge in [-0.1, -0.05) is 0 Å². The van der Waals surface area contributed by atoms with Gasteiger partial charge in [0, 0.05) is 6.54 Å². The van der Waals surface area contributed by atoms with Crippen LogP contribution in [0.4, 0.5) is 8.78 Å². The van der Waals surface area contributed by atoms with Gasteiger partial charge in [-0.2, -0.15) is 5.26 Å². The summed E-state index contributed by atoms with van der Waals surface area (Å²) in [5.41, 5.74) is 0. The highest BCUT2D eigenvalue weighted by molar-refractivity contribution is 5.85. The lowest BCUT2D eigenvalue weighted by molar-refractivity contribution is -0.00238. The molecule has 10 heavy (non-hydrogen) atoms. The lowest BCUT2D eigenvalue weighted by atomic mass is 10.1. The molecule has 1 aliphatic rings. The molecule has 58 valence electrons. The molecule has 0 bridgehead atoms. The van der Waals surface area contributed by atoms with Crippen LogP contribution >= 0.6 is 12.4 Å². The third kappa shape index (κ3) is 1.55. The van der Waals surface area contributed by atoms with Crippen LogP contribution in [-0.2, 0) is 0 Å². The lowest BCUT2D eigenvalue weighted by Crippen LogP contribution is -2.25. The van der Waals surface area contributed by atoms with Crippen molar-refractivity contribution in [1.82, 2.24) is 5.32 Å². The SMILES string of the molecule is Cl.N#CC1CNCC1(F)F. The van der Waals surface area contributed by atoms with Crippen LogP contribution in [0.25, 0.3) is 0 Å². The van der Waals surface area contributed by atoms with Gasteiger partial charge in [0.2, 0.25) is 0 Å². The first-order valence-corrected chi connectivity index (χ1v) is 2.65. The van der Waals surface area contributed by atoms with Crippen LogP contribution in [0.3, 0.4) is 0 Å². The van der Waals surface area contributed by atoms with Gasteiger partial charge in [-0.05, 0) is 0 Å². The van der Waals surface area contributed by atoms with Gasteiger partial charge < -0.3 is 5.32 Å². The van der Waals surface area contributed by atoms with Gasteiger partial charge in [-0.3, -0.25) is 0 Å². The van der Waals surface area contributed by atoms with Crippen molar-refractivity contribution in [3.05, 3.63) is 0 Å². The van der Waals surface area contributed by atoms with Crippen molar-refractivity contribution in [1.29, 1.82) is 5.26 Å². The van der Waals surface area contributed by atoms with Crippen LogP contribution in [0.2, 0.25) is 0 Å². The highest BCUT2D eigenvalue weighted by Crippen LogP contribution is 2.26.